The number of ether oxygens (including phenoxy) is 4. The smallest absolute Gasteiger partial charge is 0.286 e. The molecule has 0 aromatic heterocycles. The Labute approximate surface area is 194 Å². The van der Waals surface area contributed by atoms with Gasteiger partial charge in [0.25, 0.3) is 5.91 Å². The minimum atomic E-state index is -0.569. The lowest BCUT2D eigenvalue weighted by atomic mass is 9.87. The van der Waals surface area contributed by atoms with Gasteiger partial charge in [-0.05, 0) is 40.3 Å². The minimum Gasteiger partial charge on any atom is -0.459 e. The molecule has 0 radical (unpaired) electrons. The van der Waals surface area contributed by atoms with Crippen molar-refractivity contribution in [1.29, 1.82) is 0 Å². The molecular formula is C26H31NO6. The molecule has 1 heterocycles. The van der Waals surface area contributed by atoms with Crippen molar-refractivity contribution in [1.82, 2.24) is 5.32 Å². The van der Waals surface area contributed by atoms with Crippen LogP contribution in [0.5, 0.6) is 0 Å². The topological polar surface area (TPSA) is 86.3 Å². The van der Waals surface area contributed by atoms with Crippen molar-refractivity contribution in [2.45, 2.75) is 25.0 Å². The van der Waals surface area contributed by atoms with E-state index < -0.39 is 6.29 Å². The van der Waals surface area contributed by atoms with Crippen LogP contribution in [0.25, 0.3) is 11.1 Å². The van der Waals surface area contributed by atoms with Crippen LogP contribution in [0.2, 0.25) is 0 Å². The Morgan fingerprint density at radius 1 is 1.09 bits per heavy atom. The van der Waals surface area contributed by atoms with Crippen LogP contribution in [0, 0.1) is 0 Å². The third-order valence-corrected chi connectivity index (χ3v) is 5.93. The van der Waals surface area contributed by atoms with Crippen LogP contribution in [0.3, 0.4) is 0 Å². The van der Waals surface area contributed by atoms with E-state index in [0.29, 0.717) is 32.8 Å². The number of allylic oxidation sites excluding steroid dienone is 1. The number of hydrogen-bond donors (Lipinski definition) is 2. The standard InChI is InChI=1S/C26H31NO6/c1-30-11-9-27-26(29)24-16-19(17-25(33-24)32-14-13-31-12-10-28)21-7-4-8-22-20-6-3-2-5-18(20)15-23(21)22/h2-8,16,19,25,28H,9-15,17H2,1H3,(H,27,29). The SMILES string of the molecule is COCCNC(=O)C1=CC(c2cccc3c2Cc2ccccc2-3)CC(OCCOCCO)O1. The number of amides is 1. The van der Waals surface area contributed by atoms with Gasteiger partial charge >= 0.3 is 0 Å². The molecule has 0 bridgehead atoms. The predicted molar refractivity (Wildman–Crippen MR) is 124 cm³/mol. The number of carbonyl (C=O) groups excluding carboxylic acids is 1. The Morgan fingerprint density at radius 3 is 2.79 bits per heavy atom. The molecule has 0 saturated heterocycles. The van der Waals surface area contributed by atoms with Crippen molar-refractivity contribution in [3.8, 4) is 11.1 Å². The number of fused-ring (bicyclic) bond motifs is 3. The number of benzene rings is 2. The van der Waals surface area contributed by atoms with Gasteiger partial charge in [0.05, 0.1) is 33.0 Å². The molecule has 176 valence electrons. The Balaban J connectivity index is 1.55. The van der Waals surface area contributed by atoms with Crippen molar-refractivity contribution in [2.24, 2.45) is 0 Å². The van der Waals surface area contributed by atoms with Gasteiger partial charge in [-0.1, -0.05) is 42.5 Å². The van der Waals surface area contributed by atoms with E-state index in [-0.39, 0.29) is 30.8 Å². The summed E-state index contributed by atoms with van der Waals surface area (Å²) in [4.78, 5) is 12.8. The third-order valence-electron chi connectivity index (χ3n) is 5.93. The van der Waals surface area contributed by atoms with Crippen LogP contribution in [-0.2, 0) is 30.2 Å². The maximum atomic E-state index is 12.8. The van der Waals surface area contributed by atoms with Gasteiger partial charge in [0.15, 0.2) is 5.76 Å². The lowest BCUT2D eigenvalue weighted by Gasteiger charge is -2.30. The van der Waals surface area contributed by atoms with Gasteiger partial charge in [-0.15, -0.1) is 0 Å². The molecule has 0 fully saturated rings. The molecule has 2 N–H and O–H groups in total. The van der Waals surface area contributed by atoms with E-state index in [9.17, 15) is 4.79 Å². The summed E-state index contributed by atoms with van der Waals surface area (Å²) >= 11 is 0. The lowest BCUT2D eigenvalue weighted by Crippen LogP contribution is -2.34. The van der Waals surface area contributed by atoms with Crippen LogP contribution in [0.4, 0.5) is 0 Å². The molecule has 7 heteroatoms. The minimum absolute atomic E-state index is 0.0189. The molecule has 2 atom stereocenters. The second kappa shape index (κ2) is 11.4. The van der Waals surface area contributed by atoms with E-state index in [0.717, 1.165) is 6.42 Å². The van der Waals surface area contributed by atoms with E-state index >= 15 is 0 Å². The highest BCUT2D eigenvalue weighted by atomic mass is 16.7. The monoisotopic (exact) mass is 453 g/mol. The zero-order valence-electron chi connectivity index (χ0n) is 18.9. The molecule has 2 aliphatic rings. The zero-order chi connectivity index (χ0) is 23.0. The normalized spacial score (nSPS) is 18.8. The zero-order valence-corrected chi connectivity index (χ0v) is 18.9. The largest absolute Gasteiger partial charge is 0.459 e. The quantitative estimate of drug-likeness (QED) is 0.434. The van der Waals surface area contributed by atoms with Crippen molar-refractivity contribution < 1.29 is 28.8 Å². The first kappa shape index (κ1) is 23.4. The summed E-state index contributed by atoms with van der Waals surface area (Å²) in [5.74, 6) is -0.0379. The third kappa shape index (κ3) is 5.62. The van der Waals surface area contributed by atoms with E-state index in [2.05, 4.69) is 47.8 Å². The first-order valence-corrected chi connectivity index (χ1v) is 11.4. The average Bonchev–Trinajstić information content (AvgIpc) is 3.23. The van der Waals surface area contributed by atoms with Crippen molar-refractivity contribution >= 4 is 5.91 Å². The van der Waals surface area contributed by atoms with Crippen molar-refractivity contribution in [2.75, 3.05) is 46.7 Å². The molecule has 0 spiro atoms. The number of nitrogens with one attached hydrogen (secondary N) is 1. The first-order chi connectivity index (χ1) is 16.2. The fourth-order valence-electron chi connectivity index (χ4n) is 4.42. The van der Waals surface area contributed by atoms with Crippen LogP contribution in [0.1, 0.15) is 29.0 Å². The van der Waals surface area contributed by atoms with Gasteiger partial charge in [-0.25, -0.2) is 0 Å². The Hall–Kier alpha value is -2.71. The van der Waals surface area contributed by atoms with E-state index in [1.165, 1.54) is 27.8 Å². The molecule has 33 heavy (non-hydrogen) atoms. The molecule has 2 aromatic rings. The molecule has 0 saturated carbocycles. The highest BCUT2D eigenvalue weighted by Crippen LogP contribution is 2.42. The van der Waals surface area contributed by atoms with E-state index in [4.69, 9.17) is 24.1 Å². The number of rotatable bonds is 11. The molecular weight excluding hydrogens is 422 g/mol. The van der Waals surface area contributed by atoms with Crippen LogP contribution in [-0.4, -0.2) is 64.0 Å². The Morgan fingerprint density at radius 2 is 1.94 bits per heavy atom. The van der Waals surface area contributed by atoms with Crippen LogP contribution >= 0.6 is 0 Å². The number of aliphatic hydroxyl groups excluding tert-OH is 1. The van der Waals surface area contributed by atoms with Gasteiger partial charge in [0.2, 0.25) is 6.29 Å². The summed E-state index contributed by atoms with van der Waals surface area (Å²) in [5.41, 5.74) is 6.34. The highest BCUT2D eigenvalue weighted by Gasteiger charge is 2.31. The fraction of sp³-hybridized carbons (Fsp3) is 0.423. The lowest BCUT2D eigenvalue weighted by molar-refractivity contribution is -0.151. The number of hydrogen-bond acceptors (Lipinski definition) is 6. The maximum absolute atomic E-state index is 12.8. The second-order valence-electron chi connectivity index (χ2n) is 8.08. The summed E-state index contributed by atoms with van der Waals surface area (Å²) in [6.07, 6.45) is 2.81. The first-order valence-electron chi connectivity index (χ1n) is 11.4. The van der Waals surface area contributed by atoms with Gasteiger partial charge < -0.3 is 29.4 Å². The summed E-state index contributed by atoms with van der Waals surface area (Å²) < 4.78 is 22.1. The summed E-state index contributed by atoms with van der Waals surface area (Å²) in [6, 6.07) is 14.9. The van der Waals surface area contributed by atoms with E-state index in [1.54, 1.807) is 7.11 Å². The number of carbonyl (C=O) groups is 1. The predicted octanol–water partition coefficient (Wildman–Crippen LogP) is 2.76. The Bertz CT molecular complexity index is 988. The summed E-state index contributed by atoms with van der Waals surface area (Å²) in [7, 11) is 1.59. The van der Waals surface area contributed by atoms with Gasteiger partial charge in [0.1, 0.15) is 0 Å². The summed E-state index contributed by atoms with van der Waals surface area (Å²) in [6.45, 7) is 1.72. The average molecular weight is 454 g/mol. The molecule has 1 amide bonds. The van der Waals surface area contributed by atoms with Crippen molar-refractivity contribution in [3.63, 3.8) is 0 Å². The van der Waals surface area contributed by atoms with Crippen LogP contribution in [0.15, 0.2) is 54.3 Å². The number of methoxy groups -OCH3 is 1. The summed E-state index contributed by atoms with van der Waals surface area (Å²) in [5, 5.41) is 11.7. The molecule has 2 unspecified atom stereocenters. The van der Waals surface area contributed by atoms with Gasteiger partial charge in [0, 0.05) is 26.0 Å². The van der Waals surface area contributed by atoms with Crippen molar-refractivity contribution in [3.05, 3.63) is 71.0 Å². The van der Waals surface area contributed by atoms with Gasteiger partial charge in [-0.3, -0.25) is 4.79 Å². The molecule has 1 aliphatic carbocycles. The maximum Gasteiger partial charge on any atom is 0.286 e. The van der Waals surface area contributed by atoms with E-state index in [1.807, 2.05) is 6.08 Å². The fourth-order valence-corrected chi connectivity index (χ4v) is 4.42. The highest BCUT2D eigenvalue weighted by molar-refractivity contribution is 5.91. The Kier molecular flexibility index (Phi) is 8.12. The molecule has 1 aliphatic heterocycles. The number of aliphatic hydroxyl groups is 1. The molecule has 2 aromatic carbocycles. The van der Waals surface area contributed by atoms with Gasteiger partial charge in [-0.2, -0.15) is 0 Å². The van der Waals surface area contributed by atoms with Crippen LogP contribution < -0.4 is 5.32 Å². The molecule has 4 rings (SSSR count). The molecule has 7 nitrogen and oxygen atoms in total. The second-order valence-corrected chi connectivity index (χ2v) is 8.08.